The SMILES string of the molecule is CCOc1ccc(C(C#N)C(=O)C2(CC)CCCC2)cc1. The number of ether oxygens (including phenoxy) is 1. The van der Waals surface area contributed by atoms with Gasteiger partial charge >= 0.3 is 0 Å². The van der Waals surface area contributed by atoms with Gasteiger partial charge in [0.1, 0.15) is 11.7 Å². The van der Waals surface area contributed by atoms with Crippen molar-refractivity contribution in [2.24, 2.45) is 5.41 Å². The molecule has 3 heteroatoms. The topological polar surface area (TPSA) is 50.1 Å². The number of rotatable bonds is 6. The Morgan fingerprint density at radius 2 is 1.90 bits per heavy atom. The van der Waals surface area contributed by atoms with Crippen LogP contribution in [0.2, 0.25) is 0 Å². The summed E-state index contributed by atoms with van der Waals surface area (Å²) in [7, 11) is 0. The molecule has 0 N–H and O–H groups in total. The molecule has 112 valence electrons. The molecule has 0 spiro atoms. The molecule has 1 aromatic carbocycles. The molecule has 0 bridgehead atoms. The van der Waals surface area contributed by atoms with Crippen molar-refractivity contribution in [1.29, 1.82) is 5.26 Å². The van der Waals surface area contributed by atoms with Gasteiger partial charge in [-0.1, -0.05) is 31.9 Å². The lowest BCUT2D eigenvalue weighted by atomic mass is 9.73. The molecular weight excluding hydrogens is 262 g/mol. The molecule has 1 saturated carbocycles. The molecular formula is C18H23NO2. The first-order valence-corrected chi connectivity index (χ1v) is 7.83. The minimum atomic E-state index is -0.654. The maximum Gasteiger partial charge on any atom is 0.160 e. The predicted octanol–water partition coefficient (Wildman–Crippen LogP) is 4.23. The molecule has 3 nitrogen and oxygen atoms in total. The average Bonchev–Trinajstić information content (AvgIpc) is 3.00. The number of Topliss-reactive ketones (excluding diaryl/α,β-unsaturated/α-hetero) is 1. The van der Waals surface area contributed by atoms with Crippen molar-refractivity contribution in [3.8, 4) is 11.8 Å². The summed E-state index contributed by atoms with van der Waals surface area (Å²) in [5.41, 5.74) is 0.504. The molecule has 0 aliphatic heterocycles. The Morgan fingerprint density at radius 3 is 2.38 bits per heavy atom. The Morgan fingerprint density at radius 1 is 1.29 bits per heavy atom. The molecule has 0 radical (unpaired) electrons. The molecule has 1 aliphatic carbocycles. The van der Waals surface area contributed by atoms with E-state index >= 15 is 0 Å². The first-order chi connectivity index (χ1) is 10.2. The first-order valence-electron chi connectivity index (χ1n) is 7.83. The van der Waals surface area contributed by atoms with Crippen LogP contribution in [0.25, 0.3) is 0 Å². The standard InChI is InChI=1S/C18H23NO2/c1-3-18(11-5-6-12-18)17(20)16(13-19)14-7-9-15(10-8-14)21-4-2/h7-10,16H,3-6,11-12H2,1-2H3. The molecule has 21 heavy (non-hydrogen) atoms. The summed E-state index contributed by atoms with van der Waals surface area (Å²) in [6.07, 6.45) is 4.89. The summed E-state index contributed by atoms with van der Waals surface area (Å²) in [4.78, 5) is 12.9. The normalized spacial score (nSPS) is 18.0. The fourth-order valence-electron chi connectivity index (χ4n) is 3.34. The van der Waals surface area contributed by atoms with Gasteiger partial charge in [0.25, 0.3) is 0 Å². The maximum atomic E-state index is 12.9. The van der Waals surface area contributed by atoms with Crippen LogP contribution >= 0.6 is 0 Å². The Labute approximate surface area is 126 Å². The summed E-state index contributed by atoms with van der Waals surface area (Å²) in [5.74, 6) is 0.226. The molecule has 0 amide bonds. The van der Waals surface area contributed by atoms with Crippen molar-refractivity contribution in [3.05, 3.63) is 29.8 Å². The molecule has 1 atom stereocenters. The van der Waals surface area contributed by atoms with Crippen LogP contribution in [0.3, 0.4) is 0 Å². The molecule has 1 unspecified atom stereocenters. The van der Waals surface area contributed by atoms with Gasteiger partial charge in [0.2, 0.25) is 0 Å². The highest BCUT2D eigenvalue weighted by atomic mass is 16.5. The lowest BCUT2D eigenvalue weighted by Crippen LogP contribution is -2.31. The van der Waals surface area contributed by atoms with Crippen molar-refractivity contribution in [2.75, 3.05) is 6.61 Å². The Kier molecular flexibility index (Phi) is 5.01. The van der Waals surface area contributed by atoms with Crippen LogP contribution in [0.4, 0.5) is 0 Å². The van der Waals surface area contributed by atoms with E-state index in [1.807, 2.05) is 31.2 Å². The van der Waals surface area contributed by atoms with Gasteiger partial charge in [0, 0.05) is 5.41 Å². The Bertz CT molecular complexity index is 521. The van der Waals surface area contributed by atoms with Crippen LogP contribution in [0, 0.1) is 16.7 Å². The van der Waals surface area contributed by atoms with Crippen LogP contribution in [0.1, 0.15) is 57.4 Å². The van der Waals surface area contributed by atoms with Crippen LogP contribution in [-0.2, 0) is 4.79 Å². The second kappa shape index (κ2) is 6.76. The monoisotopic (exact) mass is 285 g/mol. The third-order valence-electron chi connectivity index (χ3n) is 4.68. The molecule has 1 aliphatic rings. The van der Waals surface area contributed by atoms with E-state index < -0.39 is 5.92 Å². The highest BCUT2D eigenvalue weighted by Crippen LogP contribution is 2.45. The molecule has 1 aromatic rings. The van der Waals surface area contributed by atoms with E-state index in [9.17, 15) is 10.1 Å². The van der Waals surface area contributed by atoms with Crippen LogP contribution in [0.15, 0.2) is 24.3 Å². The molecule has 0 heterocycles. The molecule has 2 rings (SSSR count). The van der Waals surface area contributed by atoms with E-state index in [4.69, 9.17) is 4.74 Å². The quantitative estimate of drug-likeness (QED) is 0.785. The van der Waals surface area contributed by atoms with E-state index in [2.05, 4.69) is 13.0 Å². The van der Waals surface area contributed by atoms with Crippen molar-refractivity contribution in [2.45, 2.75) is 51.9 Å². The Hall–Kier alpha value is -1.82. The molecule has 0 aromatic heterocycles. The van der Waals surface area contributed by atoms with Crippen LogP contribution < -0.4 is 4.74 Å². The van der Waals surface area contributed by atoms with Gasteiger partial charge in [-0.25, -0.2) is 0 Å². The number of hydrogen-bond acceptors (Lipinski definition) is 3. The lowest BCUT2D eigenvalue weighted by Gasteiger charge is -2.28. The van der Waals surface area contributed by atoms with Gasteiger partial charge in [0.05, 0.1) is 12.7 Å². The number of ketones is 1. The number of hydrogen-bond donors (Lipinski definition) is 0. The van der Waals surface area contributed by atoms with Gasteiger partial charge in [0.15, 0.2) is 5.78 Å². The molecule has 1 fully saturated rings. The van der Waals surface area contributed by atoms with E-state index in [-0.39, 0.29) is 11.2 Å². The van der Waals surface area contributed by atoms with E-state index in [1.165, 1.54) is 0 Å². The lowest BCUT2D eigenvalue weighted by molar-refractivity contribution is -0.129. The minimum Gasteiger partial charge on any atom is -0.494 e. The van der Waals surface area contributed by atoms with Crippen LogP contribution in [0.5, 0.6) is 5.75 Å². The summed E-state index contributed by atoms with van der Waals surface area (Å²) in [6.45, 7) is 4.61. The zero-order valence-electron chi connectivity index (χ0n) is 12.9. The summed E-state index contributed by atoms with van der Waals surface area (Å²) in [6, 6.07) is 9.57. The van der Waals surface area contributed by atoms with Gasteiger partial charge < -0.3 is 4.74 Å². The number of carbonyl (C=O) groups excluding carboxylic acids is 1. The first kappa shape index (κ1) is 15.6. The van der Waals surface area contributed by atoms with Gasteiger partial charge in [-0.05, 0) is 43.9 Å². The van der Waals surface area contributed by atoms with E-state index in [1.54, 1.807) is 0 Å². The minimum absolute atomic E-state index is 0.106. The summed E-state index contributed by atoms with van der Waals surface area (Å²) < 4.78 is 5.41. The molecule has 0 saturated heterocycles. The van der Waals surface area contributed by atoms with Crippen LogP contribution in [-0.4, -0.2) is 12.4 Å². The predicted molar refractivity (Wildman–Crippen MR) is 82.2 cm³/mol. The van der Waals surface area contributed by atoms with Gasteiger partial charge in [-0.3, -0.25) is 4.79 Å². The second-order valence-electron chi connectivity index (χ2n) is 5.77. The van der Waals surface area contributed by atoms with Gasteiger partial charge in [-0.2, -0.15) is 5.26 Å². The summed E-state index contributed by atoms with van der Waals surface area (Å²) in [5, 5.41) is 9.49. The van der Waals surface area contributed by atoms with Gasteiger partial charge in [-0.15, -0.1) is 0 Å². The second-order valence-corrected chi connectivity index (χ2v) is 5.77. The smallest absolute Gasteiger partial charge is 0.160 e. The van der Waals surface area contributed by atoms with E-state index in [0.29, 0.717) is 6.61 Å². The Balaban J connectivity index is 2.23. The number of benzene rings is 1. The average molecular weight is 285 g/mol. The van der Waals surface area contributed by atoms with Crippen molar-refractivity contribution in [1.82, 2.24) is 0 Å². The van der Waals surface area contributed by atoms with Crippen molar-refractivity contribution < 1.29 is 9.53 Å². The number of nitriles is 1. The van der Waals surface area contributed by atoms with Crippen molar-refractivity contribution >= 4 is 5.78 Å². The fraction of sp³-hybridized carbons (Fsp3) is 0.556. The third kappa shape index (κ3) is 3.10. The largest absolute Gasteiger partial charge is 0.494 e. The van der Waals surface area contributed by atoms with Crippen molar-refractivity contribution in [3.63, 3.8) is 0 Å². The third-order valence-corrected chi connectivity index (χ3v) is 4.68. The highest BCUT2D eigenvalue weighted by molar-refractivity contribution is 5.93. The fourth-order valence-corrected chi connectivity index (χ4v) is 3.34. The zero-order valence-corrected chi connectivity index (χ0v) is 12.9. The highest BCUT2D eigenvalue weighted by Gasteiger charge is 2.43. The van der Waals surface area contributed by atoms with E-state index in [0.717, 1.165) is 43.4 Å². The summed E-state index contributed by atoms with van der Waals surface area (Å²) >= 11 is 0. The number of nitrogens with zero attached hydrogens (tertiary/aromatic N) is 1. The zero-order chi connectivity index (χ0) is 15.3. The maximum absolute atomic E-state index is 12.9. The number of carbonyl (C=O) groups is 1.